The van der Waals surface area contributed by atoms with Gasteiger partial charge in [0.25, 0.3) is 0 Å². The summed E-state index contributed by atoms with van der Waals surface area (Å²) < 4.78 is 0. The summed E-state index contributed by atoms with van der Waals surface area (Å²) in [6, 6.07) is 0. The zero-order valence-electron chi connectivity index (χ0n) is 14.4. The fourth-order valence-electron chi connectivity index (χ4n) is 3.65. The molecule has 0 spiro atoms. The predicted octanol–water partition coefficient (Wildman–Crippen LogP) is 4.65. The third kappa shape index (κ3) is 4.59. The molecule has 0 saturated heterocycles. The Morgan fingerprint density at radius 1 is 1.29 bits per heavy atom. The standard InChI is InChI=1S/C19H33NO/c1-5-6-12-20(18(21)19(2,3)4)14-16-13-17(16)15-10-8-7-9-11-15/h7-8,15-17H,5-6,9-14H2,1-4H3. The molecular formula is C19H33NO. The Labute approximate surface area is 131 Å². The van der Waals surface area contributed by atoms with Crippen LogP contribution < -0.4 is 0 Å². The van der Waals surface area contributed by atoms with E-state index in [9.17, 15) is 4.79 Å². The Kier molecular flexibility index (Phi) is 5.51. The number of allylic oxidation sites excluding steroid dienone is 2. The van der Waals surface area contributed by atoms with E-state index in [0.29, 0.717) is 5.91 Å². The molecule has 21 heavy (non-hydrogen) atoms. The summed E-state index contributed by atoms with van der Waals surface area (Å²) >= 11 is 0. The molecule has 1 fully saturated rings. The number of nitrogens with zero attached hydrogens (tertiary/aromatic N) is 1. The number of unbranched alkanes of at least 4 members (excludes halogenated alkanes) is 1. The average Bonchev–Trinajstić information content (AvgIpc) is 3.22. The first-order valence-corrected chi connectivity index (χ1v) is 8.88. The van der Waals surface area contributed by atoms with Crippen molar-refractivity contribution in [3.05, 3.63) is 12.2 Å². The van der Waals surface area contributed by atoms with Crippen molar-refractivity contribution in [1.29, 1.82) is 0 Å². The van der Waals surface area contributed by atoms with E-state index in [-0.39, 0.29) is 5.41 Å². The zero-order valence-corrected chi connectivity index (χ0v) is 14.4. The topological polar surface area (TPSA) is 20.3 Å². The van der Waals surface area contributed by atoms with Crippen LogP contribution in [0.4, 0.5) is 0 Å². The van der Waals surface area contributed by atoms with Gasteiger partial charge in [-0.3, -0.25) is 4.79 Å². The lowest BCUT2D eigenvalue weighted by molar-refractivity contribution is -0.139. The van der Waals surface area contributed by atoms with Gasteiger partial charge in [0.1, 0.15) is 0 Å². The number of rotatable bonds is 6. The minimum Gasteiger partial charge on any atom is -0.342 e. The largest absolute Gasteiger partial charge is 0.342 e. The molecule has 0 N–H and O–H groups in total. The summed E-state index contributed by atoms with van der Waals surface area (Å²) in [5.74, 6) is 2.87. The van der Waals surface area contributed by atoms with Crippen LogP contribution in [0.2, 0.25) is 0 Å². The SMILES string of the molecule is CCCCN(CC1CC1C1CC=CCC1)C(=O)C(C)(C)C. The van der Waals surface area contributed by atoms with Crippen LogP contribution in [0, 0.1) is 23.2 Å². The molecule has 0 aromatic rings. The number of hydrogen-bond donors (Lipinski definition) is 0. The lowest BCUT2D eigenvalue weighted by atomic mass is 9.89. The highest BCUT2D eigenvalue weighted by Gasteiger charge is 2.44. The van der Waals surface area contributed by atoms with Crippen molar-refractivity contribution in [3.63, 3.8) is 0 Å². The third-order valence-corrected chi connectivity index (χ3v) is 5.06. The summed E-state index contributed by atoms with van der Waals surface area (Å²) in [6.45, 7) is 10.3. The fraction of sp³-hybridized carbons (Fsp3) is 0.842. The fourth-order valence-corrected chi connectivity index (χ4v) is 3.65. The molecule has 2 aliphatic rings. The molecule has 0 radical (unpaired) electrons. The monoisotopic (exact) mass is 291 g/mol. The summed E-state index contributed by atoms with van der Waals surface area (Å²) in [5.41, 5.74) is -0.244. The van der Waals surface area contributed by atoms with E-state index in [1.54, 1.807) is 0 Å². The van der Waals surface area contributed by atoms with Crippen molar-refractivity contribution in [2.75, 3.05) is 13.1 Å². The van der Waals surface area contributed by atoms with Crippen molar-refractivity contribution < 1.29 is 4.79 Å². The quantitative estimate of drug-likeness (QED) is 0.652. The van der Waals surface area contributed by atoms with Gasteiger partial charge in [0.2, 0.25) is 5.91 Å². The smallest absolute Gasteiger partial charge is 0.227 e. The molecule has 0 aromatic carbocycles. The first kappa shape index (κ1) is 16.6. The van der Waals surface area contributed by atoms with E-state index in [4.69, 9.17) is 0 Å². The lowest BCUT2D eigenvalue weighted by Crippen LogP contribution is -2.41. The first-order valence-electron chi connectivity index (χ1n) is 8.88. The van der Waals surface area contributed by atoms with Crippen LogP contribution >= 0.6 is 0 Å². The molecule has 2 rings (SSSR count). The summed E-state index contributed by atoms with van der Waals surface area (Å²) in [6.07, 6.45) is 12.2. The summed E-state index contributed by atoms with van der Waals surface area (Å²) in [4.78, 5) is 14.8. The van der Waals surface area contributed by atoms with E-state index in [0.717, 1.165) is 43.7 Å². The normalized spacial score (nSPS) is 28.5. The average molecular weight is 291 g/mol. The van der Waals surface area contributed by atoms with Gasteiger partial charge < -0.3 is 4.90 Å². The first-order chi connectivity index (χ1) is 9.93. The highest BCUT2D eigenvalue weighted by atomic mass is 16.2. The lowest BCUT2D eigenvalue weighted by Gasteiger charge is -2.30. The number of carbonyl (C=O) groups is 1. The Bertz CT molecular complexity index is 380. The van der Waals surface area contributed by atoms with E-state index < -0.39 is 0 Å². The van der Waals surface area contributed by atoms with Crippen molar-refractivity contribution in [3.8, 4) is 0 Å². The Morgan fingerprint density at radius 2 is 2.05 bits per heavy atom. The maximum atomic E-state index is 12.6. The predicted molar refractivity (Wildman–Crippen MR) is 89.0 cm³/mol. The Balaban J connectivity index is 1.88. The molecule has 0 heterocycles. The molecule has 0 aliphatic heterocycles. The number of amides is 1. The molecule has 2 heteroatoms. The highest BCUT2D eigenvalue weighted by Crippen LogP contribution is 2.48. The van der Waals surface area contributed by atoms with Crippen molar-refractivity contribution >= 4 is 5.91 Å². The molecule has 3 unspecified atom stereocenters. The second-order valence-electron chi connectivity index (χ2n) is 8.06. The van der Waals surface area contributed by atoms with Crippen LogP contribution in [0.15, 0.2) is 12.2 Å². The maximum absolute atomic E-state index is 12.6. The third-order valence-electron chi connectivity index (χ3n) is 5.06. The van der Waals surface area contributed by atoms with Gasteiger partial charge in [-0.05, 0) is 49.9 Å². The van der Waals surface area contributed by atoms with Crippen molar-refractivity contribution in [2.45, 2.75) is 66.2 Å². The highest BCUT2D eigenvalue weighted by molar-refractivity contribution is 5.81. The van der Waals surface area contributed by atoms with Crippen LogP contribution in [0.3, 0.4) is 0 Å². The van der Waals surface area contributed by atoms with Gasteiger partial charge in [-0.2, -0.15) is 0 Å². The van der Waals surface area contributed by atoms with Gasteiger partial charge in [0, 0.05) is 18.5 Å². The molecule has 2 nitrogen and oxygen atoms in total. The van der Waals surface area contributed by atoms with Crippen LogP contribution in [0.5, 0.6) is 0 Å². The number of carbonyl (C=O) groups excluding carboxylic acids is 1. The van der Waals surface area contributed by atoms with Gasteiger partial charge in [-0.1, -0.05) is 46.3 Å². The molecule has 2 aliphatic carbocycles. The molecule has 0 bridgehead atoms. The minimum atomic E-state index is -0.244. The second kappa shape index (κ2) is 6.98. The van der Waals surface area contributed by atoms with E-state index in [1.165, 1.54) is 25.7 Å². The Morgan fingerprint density at radius 3 is 2.62 bits per heavy atom. The van der Waals surface area contributed by atoms with Crippen molar-refractivity contribution in [2.24, 2.45) is 23.2 Å². The van der Waals surface area contributed by atoms with Gasteiger partial charge in [-0.15, -0.1) is 0 Å². The Hall–Kier alpha value is -0.790. The second-order valence-corrected chi connectivity index (χ2v) is 8.06. The summed E-state index contributed by atoms with van der Waals surface area (Å²) in [7, 11) is 0. The van der Waals surface area contributed by atoms with E-state index in [2.05, 4.69) is 24.0 Å². The molecule has 0 aromatic heterocycles. The van der Waals surface area contributed by atoms with E-state index >= 15 is 0 Å². The van der Waals surface area contributed by atoms with Crippen molar-refractivity contribution in [1.82, 2.24) is 4.90 Å². The molecule has 1 amide bonds. The van der Waals surface area contributed by atoms with Crippen LogP contribution in [-0.2, 0) is 4.79 Å². The summed E-state index contributed by atoms with van der Waals surface area (Å²) in [5, 5.41) is 0. The molecule has 1 saturated carbocycles. The number of hydrogen-bond acceptors (Lipinski definition) is 1. The molecule has 120 valence electrons. The minimum absolute atomic E-state index is 0.244. The van der Waals surface area contributed by atoms with Gasteiger partial charge in [0.05, 0.1) is 0 Å². The van der Waals surface area contributed by atoms with Gasteiger partial charge in [-0.25, -0.2) is 0 Å². The van der Waals surface area contributed by atoms with Crippen LogP contribution in [-0.4, -0.2) is 23.9 Å². The van der Waals surface area contributed by atoms with E-state index in [1.807, 2.05) is 20.8 Å². The maximum Gasteiger partial charge on any atom is 0.227 e. The zero-order chi connectivity index (χ0) is 15.5. The van der Waals surface area contributed by atoms with Gasteiger partial charge in [0.15, 0.2) is 0 Å². The van der Waals surface area contributed by atoms with Crippen LogP contribution in [0.25, 0.3) is 0 Å². The van der Waals surface area contributed by atoms with Crippen LogP contribution in [0.1, 0.15) is 66.2 Å². The molecular weight excluding hydrogens is 258 g/mol. The molecule has 3 atom stereocenters. The van der Waals surface area contributed by atoms with Gasteiger partial charge >= 0.3 is 0 Å².